The number of anilines is 1. The molecule has 0 bridgehead atoms. The number of nitrogens with zero attached hydrogens (tertiary/aromatic N) is 6. The first-order valence-corrected chi connectivity index (χ1v) is 9.17. The number of amides is 1. The van der Waals surface area contributed by atoms with Crippen LogP contribution in [0.15, 0.2) is 6.33 Å². The topological polar surface area (TPSA) is 96.6 Å². The van der Waals surface area contributed by atoms with Crippen molar-refractivity contribution in [3.8, 4) is 5.88 Å². The van der Waals surface area contributed by atoms with Gasteiger partial charge in [-0.05, 0) is 19.3 Å². The lowest BCUT2D eigenvalue weighted by molar-refractivity contribution is 0.145. The molecule has 2 aliphatic rings. The number of likely N-dealkylation sites (tertiary alicyclic amines) is 1. The third kappa shape index (κ3) is 2.91. The van der Waals surface area contributed by atoms with Gasteiger partial charge in [-0.1, -0.05) is 6.92 Å². The number of carbonyl (C=O) groups is 1. The van der Waals surface area contributed by atoms with E-state index >= 15 is 0 Å². The molecule has 4 heterocycles. The molecule has 2 atom stereocenters. The molecular weight excluding hydrogens is 336 g/mol. The lowest BCUT2D eigenvalue weighted by Gasteiger charge is -2.17. The Hall–Kier alpha value is -2.58. The van der Waals surface area contributed by atoms with Crippen molar-refractivity contribution in [2.24, 2.45) is 5.92 Å². The van der Waals surface area contributed by atoms with Crippen LogP contribution in [-0.2, 0) is 6.54 Å². The molecule has 4 rings (SSSR count). The standard InChI is InChI=1S/C17H24N6O3/c1-3-23-14-13(20-16(23)21-6-4-11(2)8-21)15(19-10-18-14)26-12-5-7-22(9-12)17(24)25/h10-12H,3-9H2,1-2H3,(H,24,25). The summed E-state index contributed by atoms with van der Waals surface area (Å²) in [6, 6.07) is 0. The number of aromatic nitrogens is 4. The smallest absolute Gasteiger partial charge is 0.407 e. The predicted molar refractivity (Wildman–Crippen MR) is 95.6 cm³/mol. The Morgan fingerprint density at radius 2 is 2.15 bits per heavy atom. The molecule has 1 N–H and O–H groups in total. The second-order valence-corrected chi connectivity index (χ2v) is 7.10. The SMILES string of the molecule is CCn1c(N2CCC(C)C2)nc2c(OC3CCN(C(=O)O)C3)ncnc21. The average Bonchev–Trinajstić information content (AvgIpc) is 3.32. The van der Waals surface area contributed by atoms with Crippen LogP contribution in [0.2, 0.25) is 0 Å². The van der Waals surface area contributed by atoms with Crippen LogP contribution in [-0.4, -0.2) is 67.9 Å². The van der Waals surface area contributed by atoms with Crippen LogP contribution in [0.5, 0.6) is 5.88 Å². The lowest BCUT2D eigenvalue weighted by Crippen LogP contribution is -2.29. The minimum atomic E-state index is -0.912. The molecule has 0 aliphatic carbocycles. The molecule has 2 aromatic heterocycles. The zero-order valence-corrected chi connectivity index (χ0v) is 15.1. The van der Waals surface area contributed by atoms with Crippen molar-refractivity contribution >= 4 is 23.2 Å². The fraction of sp³-hybridized carbons (Fsp3) is 0.647. The quantitative estimate of drug-likeness (QED) is 0.888. The number of ether oxygens (including phenoxy) is 1. The highest BCUT2D eigenvalue weighted by atomic mass is 16.5. The van der Waals surface area contributed by atoms with E-state index in [9.17, 15) is 4.79 Å². The first kappa shape index (κ1) is 16.9. The first-order valence-electron chi connectivity index (χ1n) is 9.17. The van der Waals surface area contributed by atoms with Crippen LogP contribution in [0.3, 0.4) is 0 Å². The normalized spacial score (nSPS) is 23.2. The van der Waals surface area contributed by atoms with E-state index in [1.54, 1.807) is 0 Å². The minimum Gasteiger partial charge on any atom is -0.471 e. The Morgan fingerprint density at radius 1 is 1.31 bits per heavy atom. The highest BCUT2D eigenvalue weighted by Crippen LogP contribution is 2.30. The Balaban J connectivity index is 1.64. The molecule has 2 aromatic rings. The fourth-order valence-corrected chi connectivity index (χ4v) is 3.80. The van der Waals surface area contributed by atoms with Crippen molar-refractivity contribution in [3.05, 3.63) is 6.33 Å². The van der Waals surface area contributed by atoms with Crippen molar-refractivity contribution in [1.29, 1.82) is 0 Å². The van der Waals surface area contributed by atoms with Gasteiger partial charge in [0.2, 0.25) is 11.8 Å². The number of hydrogen-bond donors (Lipinski definition) is 1. The Kier molecular flexibility index (Phi) is 4.29. The molecule has 0 saturated carbocycles. The van der Waals surface area contributed by atoms with Gasteiger partial charge in [0.05, 0.1) is 6.54 Å². The molecule has 2 aliphatic heterocycles. The average molecular weight is 360 g/mol. The lowest BCUT2D eigenvalue weighted by atomic mass is 10.2. The molecule has 0 aromatic carbocycles. The van der Waals surface area contributed by atoms with E-state index in [-0.39, 0.29) is 6.10 Å². The van der Waals surface area contributed by atoms with Crippen LogP contribution in [0, 0.1) is 5.92 Å². The van der Waals surface area contributed by atoms with Gasteiger partial charge in [0.15, 0.2) is 11.2 Å². The van der Waals surface area contributed by atoms with Crippen molar-refractivity contribution in [2.75, 3.05) is 31.1 Å². The van der Waals surface area contributed by atoms with Gasteiger partial charge in [-0.3, -0.25) is 4.57 Å². The van der Waals surface area contributed by atoms with E-state index in [0.717, 1.165) is 37.7 Å². The van der Waals surface area contributed by atoms with Crippen LogP contribution in [0.25, 0.3) is 11.2 Å². The maximum absolute atomic E-state index is 11.1. The number of hydrogen-bond acceptors (Lipinski definition) is 6. The Bertz CT molecular complexity index is 822. The molecule has 2 fully saturated rings. The molecule has 1 amide bonds. The van der Waals surface area contributed by atoms with Gasteiger partial charge in [0.1, 0.15) is 12.4 Å². The number of aryl methyl sites for hydroxylation is 1. The number of fused-ring (bicyclic) bond motifs is 1. The summed E-state index contributed by atoms with van der Waals surface area (Å²) < 4.78 is 8.11. The van der Waals surface area contributed by atoms with E-state index in [2.05, 4.69) is 33.3 Å². The van der Waals surface area contributed by atoms with E-state index in [4.69, 9.17) is 14.8 Å². The second kappa shape index (κ2) is 6.62. The second-order valence-electron chi connectivity index (χ2n) is 7.10. The van der Waals surface area contributed by atoms with Crippen molar-refractivity contribution in [1.82, 2.24) is 24.4 Å². The van der Waals surface area contributed by atoms with Crippen LogP contribution < -0.4 is 9.64 Å². The van der Waals surface area contributed by atoms with Crippen molar-refractivity contribution < 1.29 is 14.6 Å². The summed E-state index contributed by atoms with van der Waals surface area (Å²) in [7, 11) is 0. The summed E-state index contributed by atoms with van der Waals surface area (Å²) in [5.41, 5.74) is 1.41. The molecule has 140 valence electrons. The van der Waals surface area contributed by atoms with E-state index in [1.807, 2.05) is 0 Å². The maximum Gasteiger partial charge on any atom is 0.407 e. The molecule has 0 radical (unpaired) electrons. The maximum atomic E-state index is 11.1. The third-order valence-electron chi connectivity index (χ3n) is 5.20. The first-order chi connectivity index (χ1) is 12.6. The van der Waals surface area contributed by atoms with Crippen molar-refractivity contribution in [2.45, 2.75) is 39.3 Å². The summed E-state index contributed by atoms with van der Waals surface area (Å²) in [5.74, 6) is 2.01. The predicted octanol–water partition coefficient (Wildman–Crippen LogP) is 1.82. The molecule has 2 saturated heterocycles. The van der Waals surface area contributed by atoms with Gasteiger partial charge in [-0.2, -0.15) is 4.98 Å². The monoisotopic (exact) mass is 360 g/mol. The summed E-state index contributed by atoms with van der Waals surface area (Å²) in [4.78, 5) is 28.3. The van der Waals surface area contributed by atoms with Crippen LogP contribution >= 0.6 is 0 Å². The van der Waals surface area contributed by atoms with Gasteiger partial charge in [0.25, 0.3) is 0 Å². The highest BCUT2D eigenvalue weighted by Gasteiger charge is 2.30. The molecule has 26 heavy (non-hydrogen) atoms. The molecule has 9 nitrogen and oxygen atoms in total. The van der Waals surface area contributed by atoms with Gasteiger partial charge in [-0.15, -0.1) is 0 Å². The zero-order valence-electron chi connectivity index (χ0n) is 15.1. The fourth-order valence-electron chi connectivity index (χ4n) is 3.80. The van der Waals surface area contributed by atoms with Crippen LogP contribution in [0.4, 0.5) is 10.7 Å². The van der Waals surface area contributed by atoms with E-state index < -0.39 is 6.09 Å². The third-order valence-corrected chi connectivity index (χ3v) is 5.20. The van der Waals surface area contributed by atoms with Gasteiger partial charge < -0.3 is 19.6 Å². The highest BCUT2D eigenvalue weighted by molar-refractivity contribution is 5.79. The number of imidazole rings is 1. The van der Waals surface area contributed by atoms with Gasteiger partial charge in [0, 0.05) is 32.6 Å². The summed E-state index contributed by atoms with van der Waals surface area (Å²) in [5, 5.41) is 9.11. The van der Waals surface area contributed by atoms with Crippen molar-refractivity contribution in [3.63, 3.8) is 0 Å². The minimum absolute atomic E-state index is 0.203. The summed E-state index contributed by atoms with van der Waals surface area (Å²) in [6.45, 7) is 7.91. The van der Waals surface area contributed by atoms with E-state index in [0.29, 0.717) is 36.8 Å². The Labute approximate surface area is 151 Å². The zero-order chi connectivity index (χ0) is 18.3. The summed E-state index contributed by atoms with van der Waals surface area (Å²) >= 11 is 0. The van der Waals surface area contributed by atoms with Gasteiger partial charge >= 0.3 is 6.09 Å². The molecule has 9 heteroatoms. The summed E-state index contributed by atoms with van der Waals surface area (Å²) in [6.07, 6.45) is 2.19. The Morgan fingerprint density at radius 3 is 2.81 bits per heavy atom. The number of carboxylic acid groups (broad SMARTS) is 1. The van der Waals surface area contributed by atoms with Crippen LogP contribution in [0.1, 0.15) is 26.7 Å². The largest absolute Gasteiger partial charge is 0.471 e. The molecular formula is C17H24N6O3. The number of rotatable bonds is 4. The van der Waals surface area contributed by atoms with E-state index in [1.165, 1.54) is 11.2 Å². The van der Waals surface area contributed by atoms with Gasteiger partial charge in [-0.25, -0.2) is 14.8 Å². The molecule has 2 unspecified atom stereocenters. The molecule has 0 spiro atoms.